The highest BCUT2D eigenvalue weighted by Gasteiger charge is 2.35. The van der Waals surface area contributed by atoms with Crippen molar-refractivity contribution in [1.82, 2.24) is 15.2 Å². The Labute approximate surface area is 177 Å². The van der Waals surface area contributed by atoms with Crippen LogP contribution in [0.4, 0.5) is 4.79 Å². The lowest BCUT2D eigenvalue weighted by Crippen LogP contribution is -2.49. The summed E-state index contributed by atoms with van der Waals surface area (Å²) in [6.45, 7) is 0.704. The van der Waals surface area contributed by atoms with Crippen LogP contribution in [0.1, 0.15) is 55.0 Å². The summed E-state index contributed by atoms with van der Waals surface area (Å²) in [7, 11) is 1.70. The summed E-state index contributed by atoms with van der Waals surface area (Å²) in [6.07, 6.45) is 6.72. The van der Waals surface area contributed by atoms with E-state index in [1.165, 1.54) is 30.2 Å². The van der Waals surface area contributed by atoms with E-state index in [2.05, 4.69) is 34.6 Å². The molecule has 2 aliphatic rings. The number of urea groups is 1. The van der Waals surface area contributed by atoms with Crippen LogP contribution in [0.2, 0.25) is 0 Å². The van der Waals surface area contributed by atoms with Crippen LogP contribution < -0.4 is 10.1 Å². The van der Waals surface area contributed by atoms with Gasteiger partial charge in [0.25, 0.3) is 0 Å². The number of methoxy groups -OCH3 is 1. The minimum Gasteiger partial charge on any atom is -0.497 e. The van der Waals surface area contributed by atoms with E-state index in [9.17, 15) is 4.79 Å². The molecule has 2 aromatic carbocycles. The predicted molar refractivity (Wildman–Crippen MR) is 119 cm³/mol. The highest BCUT2D eigenvalue weighted by Crippen LogP contribution is 2.39. The number of ether oxygens (including phenoxy) is 1. The van der Waals surface area contributed by atoms with Gasteiger partial charge < -0.3 is 19.9 Å². The molecule has 1 aromatic heterocycles. The summed E-state index contributed by atoms with van der Waals surface area (Å²) in [6, 6.07) is 16.8. The molecule has 5 nitrogen and oxygen atoms in total. The molecule has 30 heavy (non-hydrogen) atoms. The van der Waals surface area contributed by atoms with Gasteiger partial charge >= 0.3 is 6.03 Å². The van der Waals surface area contributed by atoms with Gasteiger partial charge in [-0.25, -0.2) is 4.79 Å². The highest BCUT2D eigenvalue weighted by atomic mass is 16.5. The molecule has 0 bridgehead atoms. The number of nitrogens with one attached hydrogen (secondary N) is 2. The Hall–Kier alpha value is -2.95. The van der Waals surface area contributed by atoms with Gasteiger partial charge in [-0.15, -0.1) is 0 Å². The van der Waals surface area contributed by atoms with Crippen LogP contribution in [0.5, 0.6) is 5.75 Å². The average Bonchev–Trinajstić information content (AvgIpc) is 3.17. The third kappa shape index (κ3) is 3.42. The van der Waals surface area contributed by atoms with E-state index < -0.39 is 0 Å². The number of rotatable bonds is 3. The lowest BCUT2D eigenvalue weighted by atomic mass is 9.92. The van der Waals surface area contributed by atoms with Crippen molar-refractivity contribution >= 4 is 16.9 Å². The van der Waals surface area contributed by atoms with Crippen molar-refractivity contribution in [2.24, 2.45) is 0 Å². The summed E-state index contributed by atoms with van der Waals surface area (Å²) in [5.74, 6) is 0.859. The maximum atomic E-state index is 13.4. The van der Waals surface area contributed by atoms with Crippen LogP contribution in [0.3, 0.4) is 0 Å². The zero-order valence-corrected chi connectivity index (χ0v) is 17.5. The van der Waals surface area contributed by atoms with E-state index >= 15 is 0 Å². The van der Waals surface area contributed by atoms with Crippen molar-refractivity contribution in [2.45, 2.75) is 50.6 Å². The molecule has 1 aliphatic heterocycles. The summed E-state index contributed by atoms with van der Waals surface area (Å²) in [5.41, 5.74) is 4.64. The quantitative estimate of drug-likeness (QED) is 0.634. The minimum absolute atomic E-state index is 0.0534. The standard InChI is InChI=1S/C25H29N3O2/c1-30-19-12-13-22-21(16-19)20-14-15-28(25(29)26-18-10-6-3-7-11-18)24(23(20)27-22)17-8-4-2-5-9-17/h2,4-5,8-9,12-13,16,18,24,27H,3,6-7,10-11,14-15H2,1H3,(H,26,29)/t24-/m1/s1. The van der Waals surface area contributed by atoms with Crippen molar-refractivity contribution in [3.05, 3.63) is 65.4 Å². The minimum atomic E-state index is -0.114. The fourth-order valence-electron chi connectivity index (χ4n) is 5.10. The van der Waals surface area contributed by atoms with Crippen molar-refractivity contribution in [3.63, 3.8) is 0 Å². The van der Waals surface area contributed by atoms with Crippen LogP contribution in [0, 0.1) is 0 Å². The first-order valence-electron chi connectivity index (χ1n) is 11.0. The van der Waals surface area contributed by atoms with Gasteiger partial charge in [0.15, 0.2) is 0 Å². The second-order valence-electron chi connectivity index (χ2n) is 8.47. The molecule has 2 amide bonds. The number of fused-ring (bicyclic) bond motifs is 3. The number of carbonyl (C=O) groups excluding carboxylic acids is 1. The predicted octanol–water partition coefficient (Wildman–Crippen LogP) is 5.17. The van der Waals surface area contributed by atoms with Crippen molar-refractivity contribution in [3.8, 4) is 5.75 Å². The molecule has 2 N–H and O–H groups in total. The van der Waals surface area contributed by atoms with E-state index in [1.807, 2.05) is 29.2 Å². The van der Waals surface area contributed by atoms with Gasteiger partial charge in [-0.3, -0.25) is 0 Å². The number of carbonyl (C=O) groups is 1. The number of nitrogens with zero attached hydrogens (tertiary/aromatic N) is 1. The van der Waals surface area contributed by atoms with Gasteiger partial charge in [0.1, 0.15) is 5.75 Å². The molecule has 0 saturated heterocycles. The number of hydrogen-bond acceptors (Lipinski definition) is 2. The van der Waals surface area contributed by atoms with Crippen LogP contribution in [0.15, 0.2) is 48.5 Å². The Kier molecular flexibility index (Phi) is 5.11. The van der Waals surface area contributed by atoms with E-state index in [1.54, 1.807) is 7.11 Å². The van der Waals surface area contributed by atoms with Gasteiger partial charge in [0.2, 0.25) is 0 Å². The van der Waals surface area contributed by atoms with E-state index in [4.69, 9.17) is 4.74 Å². The SMILES string of the molecule is COc1ccc2[nH]c3c(c2c1)CCN(C(=O)NC1CCCCC1)[C@@H]3c1ccccc1. The molecular weight excluding hydrogens is 374 g/mol. The first kappa shape index (κ1) is 19.0. The van der Waals surface area contributed by atoms with Crippen molar-refractivity contribution in [2.75, 3.05) is 13.7 Å². The molecule has 2 heterocycles. The van der Waals surface area contributed by atoms with Crippen LogP contribution in [0.25, 0.3) is 10.9 Å². The molecule has 1 aliphatic carbocycles. The number of hydrogen-bond donors (Lipinski definition) is 2. The van der Waals surface area contributed by atoms with Crippen LogP contribution >= 0.6 is 0 Å². The van der Waals surface area contributed by atoms with Crippen molar-refractivity contribution < 1.29 is 9.53 Å². The largest absolute Gasteiger partial charge is 0.497 e. The fourth-order valence-corrected chi connectivity index (χ4v) is 5.10. The summed E-state index contributed by atoms with van der Waals surface area (Å²) in [5, 5.41) is 4.52. The van der Waals surface area contributed by atoms with Crippen molar-refractivity contribution in [1.29, 1.82) is 0 Å². The maximum absolute atomic E-state index is 13.4. The Morgan fingerprint density at radius 2 is 1.90 bits per heavy atom. The number of amides is 2. The number of aromatic nitrogens is 1. The maximum Gasteiger partial charge on any atom is 0.318 e. The Morgan fingerprint density at radius 1 is 1.10 bits per heavy atom. The first-order chi connectivity index (χ1) is 14.7. The van der Waals surface area contributed by atoms with E-state index in [0.29, 0.717) is 12.6 Å². The number of aromatic amines is 1. The van der Waals surface area contributed by atoms with Gasteiger partial charge in [-0.2, -0.15) is 0 Å². The third-order valence-electron chi connectivity index (χ3n) is 6.64. The monoisotopic (exact) mass is 403 g/mol. The van der Waals surface area contributed by atoms with E-state index in [-0.39, 0.29) is 12.1 Å². The molecule has 156 valence electrons. The molecule has 3 aromatic rings. The smallest absolute Gasteiger partial charge is 0.318 e. The molecule has 1 fully saturated rings. The first-order valence-corrected chi connectivity index (χ1v) is 11.0. The molecule has 1 saturated carbocycles. The molecule has 5 heteroatoms. The fraction of sp³-hybridized carbons (Fsp3) is 0.400. The van der Waals surface area contributed by atoms with Gasteiger partial charge in [-0.1, -0.05) is 49.6 Å². The van der Waals surface area contributed by atoms with Gasteiger partial charge in [0, 0.05) is 29.2 Å². The Balaban J connectivity index is 1.54. The molecule has 1 atom stereocenters. The highest BCUT2D eigenvalue weighted by molar-refractivity contribution is 5.87. The lowest BCUT2D eigenvalue weighted by Gasteiger charge is -2.37. The lowest BCUT2D eigenvalue weighted by molar-refractivity contribution is 0.172. The summed E-state index contributed by atoms with van der Waals surface area (Å²) >= 11 is 0. The number of H-pyrrole nitrogens is 1. The zero-order valence-electron chi connectivity index (χ0n) is 17.5. The average molecular weight is 404 g/mol. The summed E-state index contributed by atoms with van der Waals surface area (Å²) in [4.78, 5) is 19.0. The Morgan fingerprint density at radius 3 is 2.67 bits per heavy atom. The molecule has 0 radical (unpaired) electrons. The molecule has 0 spiro atoms. The second-order valence-corrected chi connectivity index (χ2v) is 8.47. The molecular formula is C25H29N3O2. The third-order valence-corrected chi connectivity index (χ3v) is 6.64. The zero-order chi connectivity index (χ0) is 20.5. The topological polar surface area (TPSA) is 57.4 Å². The van der Waals surface area contributed by atoms with Gasteiger partial charge in [0.05, 0.1) is 13.2 Å². The summed E-state index contributed by atoms with van der Waals surface area (Å²) < 4.78 is 5.45. The van der Waals surface area contributed by atoms with Gasteiger partial charge in [-0.05, 0) is 48.6 Å². The second kappa shape index (κ2) is 8.05. The normalized spacial score (nSPS) is 19.5. The molecule has 5 rings (SSSR count). The van der Waals surface area contributed by atoms with E-state index in [0.717, 1.165) is 41.8 Å². The van der Waals surface area contributed by atoms with Crippen LogP contribution in [-0.2, 0) is 6.42 Å². The number of benzene rings is 2. The molecule has 0 unspecified atom stereocenters. The Bertz CT molecular complexity index is 1040. The van der Waals surface area contributed by atoms with Crippen LogP contribution in [-0.4, -0.2) is 35.6 Å².